The molecule has 4 heteroatoms. The molecule has 76 valence electrons. The van der Waals surface area contributed by atoms with Gasteiger partial charge in [0.1, 0.15) is 0 Å². The van der Waals surface area contributed by atoms with Gasteiger partial charge in [0.2, 0.25) is 0 Å². The van der Waals surface area contributed by atoms with Crippen LogP contribution in [0, 0.1) is 6.92 Å². The third-order valence-corrected chi connectivity index (χ3v) is 2.80. The molecule has 1 aromatic carbocycles. The standard InChI is InChI=1S/C10H11BrO3/c1-6-2-3-7(4-8(6)11)9(12)5-10(13)14/h2-4,9,12H,5H2,1H3,(H,13,14). The molecule has 0 radical (unpaired) electrons. The second kappa shape index (κ2) is 4.57. The van der Waals surface area contributed by atoms with Crippen LogP contribution < -0.4 is 0 Å². The van der Waals surface area contributed by atoms with Gasteiger partial charge >= 0.3 is 5.97 Å². The van der Waals surface area contributed by atoms with Gasteiger partial charge in [-0.1, -0.05) is 28.1 Å². The molecule has 0 heterocycles. The quantitative estimate of drug-likeness (QED) is 0.875. The van der Waals surface area contributed by atoms with Crippen molar-refractivity contribution in [3.63, 3.8) is 0 Å². The average molecular weight is 259 g/mol. The highest BCUT2D eigenvalue weighted by atomic mass is 79.9. The maximum Gasteiger partial charge on any atom is 0.306 e. The topological polar surface area (TPSA) is 57.5 Å². The fourth-order valence-electron chi connectivity index (χ4n) is 1.10. The van der Waals surface area contributed by atoms with E-state index in [9.17, 15) is 9.90 Å². The van der Waals surface area contributed by atoms with E-state index in [1.807, 2.05) is 13.0 Å². The molecule has 2 N–H and O–H groups in total. The highest BCUT2D eigenvalue weighted by molar-refractivity contribution is 9.10. The van der Waals surface area contributed by atoms with Crippen LogP contribution in [0.4, 0.5) is 0 Å². The van der Waals surface area contributed by atoms with Crippen molar-refractivity contribution in [2.75, 3.05) is 0 Å². The molecule has 0 aliphatic heterocycles. The van der Waals surface area contributed by atoms with Crippen LogP contribution in [-0.4, -0.2) is 16.2 Å². The lowest BCUT2D eigenvalue weighted by Crippen LogP contribution is -2.05. The van der Waals surface area contributed by atoms with Gasteiger partial charge in [-0.25, -0.2) is 0 Å². The van der Waals surface area contributed by atoms with Crippen LogP contribution in [-0.2, 0) is 4.79 Å². The van der Waals surface area contributed by atoms with E-state index in [0.29, 0.717) is 5.56 Å². The summed E-state index contributed by atoms with van der Waals surface area (Å²) in [6.07, 6.45) is -1.21. The second-order valence-corrected chi connectivity index (χ2v) is 3.98. The fraction of sp³-hybridized carbons (Fsp3) is 0.300. The largest absolute Gasteiger partial charge is 0.481 e. The zero-order valence-corrected chi connectivity index (χ0v) is 9.28. The fourth-order valence-corrected chi connectivity index (χ4v) is 1.50. The molecule has 0 saturated heterocycles. The van der Waals surface area contributed by atoms with Crippen molar-refractivity contribution in [2.24, 2.45) is 0 Å². The molecule has 1 atom stereocenters. The van der Waals surface area contributed by atoms with E-state index in [1.165, 1.54) is 0 Å². The van der Waals surface area contributed by atoms with Gasteiger partial charge < -0.3 is 10.2 Å². The lowest BCUT2D eigenvalue weighted by molar-refractivity contribution is -0.139. The Balaban J connectivity index is 2.85. The van der Waals surface area contributed by atoms with Gasteiger partial charge in [-0.05, 0) is 24.1 Å². The molecule has 3 nitrogen and oxygen atoms in total. The minimum Gasteiger partial charge on any atom is -0.481 e. The van der Waals surface area contributed by atoms with Gasteiger partial charge in [0.15, 0.2) is 0 Å². The molecule has 1 unspecified atom stereocenters. The first-order valence-corrected chi connectivity index (χ1v) is 4.96. The number of carboxylic acid groups (broad SMARTS) is 1. The number of aliphatic carboxylic acids is 1. The lowest BCUT2D eigenvalue weighted by atomic mass is 10.1. The maximum atomic E-state index is 10.4. The molecule has 1 aromatic rings. The number of carboxylic acids is 1. The average Bonchev–Trinajstić information content (AvgIpc) is 2.08. The molecule has 0 aliphatic rings. The van der Waals surface area contributed by atoms with Crippen molar-refractivity contribution in [3.05, 3.63) is 33.8 Å². The summed E-state index contributed by atoms with van der Waals surface area (Å²) in [5.41, 5.74) is 1.67. The van der Waals surface area contributed by atoms with E-state index in [0.717, 1.165) is 10.0 Å². The first-order chi connectivity index (χ1) is 6.50. The Morgan fingerprint density at radius 3 is 2.71 bits per heavy atom. The van der Waals surface area contributed by atoms with Crippen molar-refractivity contribution in [2.45, 2.75) is 19.4 Å². The molecule has 14 heavy (non-hydrogen) atoms. The van der Waals surface area contributed by atoms with Crippen molar-refractivity contribution in [1.82, 2.24) is 0 Å². The van der Waals surface area contributed by atoms with Crippen LogP contribution >= 0.6 is 15.9 Å². The normalized spacial score (nSPS) is 12.5. The lowest BCUT2D eigenvalue weighted by Gasteiger charge is -2.09. The van der Waals surface area contributed by atoms with Gasteiger partial charge in [0.25, 0.3) is 0 Å². The van der Waals surface area contributed by atoms with E-state index in [-0.39, 0.29) is 6.42 Å². The van der Waals surface area contributed by atoms with E-state index in [2.05, 4.69) is 15.9 Å². The molecule has 0 aliphatic carbocycles. The molecule has 0 aromatic heterocycles. The SMILES string of the molecule is Cc1ccc(C(O)CC(=O)O)cc1Br. The predicted octanol–water partition coefficient (Wildman–Crippen LogP) is 2.27. The molecule has 0 saturated carbocycles. The molecule has 1 rings (SSSR count). The third kappa shape index (κ3) is 2.82. The number of aryl methyl sites for hydroxylation is 1. The van der Waals surface area contributed by atoms with Crippen LogP contribution in [0.1, 0.15) is 23.7 Å². The summed E-state index contributed by atoms with van der Waals surface area (Å²) in [5.74, 6) is -1.01. The Labute approximate surface area is 90.5 Å². The van der Waals surface area contributed by atoms with Gasteiger partial charge in [-0.3, -0.25) is 4.79 Å². The van der Waals surface area contributed by atoms with E-state index in [1.54, 1.807) is 12.1 Å². The first kappa shape index (κ1) is 11.2. The van der Waals surface area contributed by atoms with Crippen LogP contribution in [0.5, 0.6) is 0 Å². The maximum absolute atomic E-state index is 10.4. The number of hydrogen-bond donors (Lipinski definition) is 2. The minimum absolute atomic E-state index is 0.268. The Kier molecular flexibility index (Phi) is 3.66. The van der Waals surface area contributed by atoms with E-state index >= 15 is 0 Å². The van der Waals surface area contributed by atoms with E-state index < -0.39 is 12.1 Å². The van der Waals surface area contributed by atoms with Gasteiger partial charge in [-0.15, -0.1) is 0 Å². The van der Waals surface area contributed by atoms with Crippen LogP contribution in [0.15, 0.2) is 22.7 Å². The first-order valence-electron chi connectivity index (χ1n) is 4.16. The summed E-state index contributed by atoms with van der Waals surface area (Å²) < 4.78 is 0.874. The van der Waals surface area contributed by atoms with Gasteiger partial charge in [0.05, 0.1) is 12.5 Å². The predicted molar refractivity (Wildman–Crippen MR) is 56.1 cm³/mol. The molecular formula is C10H11BrO3. The van der Waals surface area contributed by atoms with Crippen molar-refractivity contribution >= 4 is 21.9 Å². The summed E-state index contributed by atoms with van der Waals surface area (Å²) in [6, 6.07) is 5.31. The molecular weight excluding hydrogens is 248 g/mol. The minimum atomic E-state index is -1.01. The third-order valence-electron chi connectivity index (χ3n) is 1.95. The Morgan fingerprint density at radius 2 is 2.21 bits per heavy atom. The van der Waals surface area contributed by atoms with Gasteiger partial charge in [0, 0.05) is 4.47 Å². The van der Waals surface area contributed by atoms with E-state index in [4.69, 9.17) is 5.11 Å². The highest BCUT2D eigenvalue weighted by Crippen LogP contribution is 2.23. The number of carbonyl (C=O) groups is 1. The zero-order chi connectivity index (χ0) is 10.7. The Hall–Kier alpha value is -0.870. The zero-order valence-electron chi connectivity index (χ0n) is 7.70. The monoisotopic (exact) mass is 258 g/mol. The van der Waals surface area contributed by atoms with Crippen molar-refractivity contribution in [3.8, 4) is 0 Å². The van der Waals surface area contributed by atoms with Crippen molar-refractivity contribution < 1.29 is 15.0 Å². The molecule has 0 amide bonds. The number of halogens is 1. The summed E-state index contributed by atoms with van der Waals surface area (Å²) in [7, 11) is 0. The number of aliphatic hydroxyl groups excluding tert-OH is 1. The van der Waals surface area contributed by atoms with Crippen LogP contribution in [0.3, 0.4) is 0 Å². The van der Waals surface area contributed by atoms with Crippen LogP contribution in [0.25, 0.3) is 0 Å². The molecule has 0 bridgehead atoms. The summed E-state index contributed by atoms with van der Waals surface area (Å²) in [6.45, 7) is 1.93. The smallest absolute Gasteiger partial charge is 0.306 e. The summed E-state index contributed by atoms with van der Waals surface area (Å²) >= 11 is 3.32. The highest BCUT2D eigenvalue weighted by Gasteiger charge is 2.12. The van der Waals surface area contributed by atoms with Crippen molar-refractivity contribution in [1.29, 1.82) is 0 Å². The summed E-state index contributed by atoms with van der Waals surface area (Å²) in [5, 5.41) is 18.0. The van der Waals surface area contributed by atoms with Crippen LogP contribution in [0.2, 0.25) is 0 Å². The number of aliphatic hydroxyl groups is 1. The number of rotatable bonds is 3. The molecule has 0 fully saturated rings. The second-order valence-electron chi connectivity index (χ2n) is 3.12. The van der Waals surface area contributed by atoms with Gasteiger partial charge in [-0.2, -0.15) is 0 Å². The molecule has 0 spiro atoms. The number of benzene rings is 1. The summed E-state index contributed by atoms with van der Waals surface area (Å²) in [4.78, 5) is 10.4. The Morgan fingerprint density at radius 1 is 1.57 bits per heavy atom. The number of hydrogen-bond acceptors (Lipinski definition) is 2. The Bertz CT molecular complexity index is 349.